The van der Waals surface area contributed by atoms with E-state index < -0.39 is 10.0 Å². The predicted octanol–water partition coefficient (Wildman–Crippen LogP) is 0.791. The lowest BCUT2D eigenvalue weighted by Gasteiger charge is -2.35. The van der Waals surface area contributed by atoms with Crippen LogP contribution in [0.5, 0.6) is 0 Å². The Morgan fingerprint density at radius 3 is 2.27 bits per heavy atom. The van der Waals surface area contributed by atoms with Crippen molar-refractivity contribution in [2.24, 2.45) is 0 Å². The first kappa shape index (κ1) is 17.7. The highest BCUT2D eigenvalue weighted by atomic mass is 32.2. The molecule has 1 saturated carbocycles. The molecule has 0 atom stereocenters. The van der Waals surface area contributed by atoms with Crippen molar-refractivity contribution in [2.75, 3.05) is 32.9 Å². The maximum Gasteiger partial charge on any atom is 0.236 e. The second-order valence-electron chi connectivity index (χ2n) is 6.74. The molecule has 0 aromatic rings. The molecule has 1 heterocycles. The lowest BCUT2D eigenvalue weighted by Crippen LogP contribution is -2.49. The van der Waals surface area contributed by atoms with Gasteiger partial charge in [0.25, 0.3) is 0 Å². The van der Waals surface area contributed by atoms with Crippen molar-refractivity contribution < 1.29 is 13.2 Å². The third-order valence-electron chi connectivity index (χ3n) is 4.84. The highest BCUT2D eigenvalue weighted by Crippen LogP contribution is 2.22. The fourth-order valence-corrected chi connectivity index (χ4v) is 4.33. The summed E-state index contributed by atoms with van der Waals surface area (Å²) in [6.45, 7) is 2.01. The molecule has 1 aliphatic carbocycles. The zero-order valence-electron chi connectivity index (χ0n) is 13.8. The minimum absolute atomic E-state index is 0.0115. The van der Waals surface area contributed by atoms with Gasteiger partial charge < -0.3 is 4.90 Å². The van der Waals surface area contributed by atoms with E-state index in [0.29, 0.717) is 12.6 Å². The van der Waals surface area contributed by atoms with Crippen molar-refractivity contribution in [3.05, 3.63) is 0 Å². The number of likely N-dealkylation sites (N-methyl/N-ethyl adjacent to an activating group) is 1. The van der Waals surface area contributed by atoms with Crippen LogP contribution in [0.4, 0.5) is 0 Å². The van der Waals surface area contributed by atoms with Crippen LogP contribution in [0.15, 0.2) is 0 Å². The summed E-state index contributed by atoms with van der Waals surface area (Å²) in [5.41, 5.74) is 0. The molecule has 1 amide bonds. The summed E-state index contributed by atoms with van der Waals surface area (Å²) in [7, 11) is -1.21. The molecule has 2 rings (SSSR count). The number of carbonyl (C=O) groups excluding carboxylic acids is 1. The van der Waals surface area contributed by atoms with Crippen LogP contribution in [-0.2, 0) is 14.8 Å². The number of carbonyl (C=O) groups is 1. The standard InChI is InChI=1S/C15H29N3O3S/c1-17(14-6-4-3-5-7-14)15(19)12-18-10-8-13(9-11-18)16-22(2,20)21/h13-14,16H,3-12H2,1-2H3. The Bertz CT molecular complexity index is 466. The van der Waals surface area contributed by atoms with E-state index in [0.717, 1.165) is 38.8 Å². The SMILES string of the molecule is CN(C(=O)CN1CCC(NS(C)(=O)=O)CC1)C1CCCCC1. The molecule has 0 aromatic heterocycles. The average molecular weight is 331 g/mol. The molecule has 0 spiro atoms. The van der Waals surface area contributed by atoms with Gasteiger partial charge in [-0.25, -0.2) is 13.1 Å². The Morgan fingerprint density at radius 1 is 1.14 bits per heavy atom. The van der Waals surface area contributed by atoms with Gasteiger partial charge in [-0.05, 0) is 25.7 Å². The molecular formula is C15H29N3O3S. The van der Waals surface area contributed by atoms with E-state index in [1.807, 2.05) is 11.9 Å². The first-order valence-electron chi connectivity index (χ1n) is 8.30. The fourth-order valence-electron chi connectivity index (χ4n) is 3.49. The Morgan fingerprint density at radius 2 is 1.73 bits per heavy atom. The number of nitrogens with one attached hydrogen (secondary N) is 1. The highest BCUT2D eigenvalue weighted by molar-refractivity contribution is 7.88. The summed E-state index contributed by atoms with van der Waals surface area (Å²) in [5.74, 6) is 0.196. The zero-order chi connectivity index (χ0) is 16.2. The zero-order valence-corrected chi connectivity index (χ0v) is 14.6. The molecule has 0 unspecified atom stereocenters. The van der Waals surface area contributed by atoms with Crippen molar-refractivity contribution in [3.63, 3.8) is 0 Å². The number of hydrogen-bond donors (Lipinski definition) is 1. The topological polar surface area (TPSA) is 69.7 Å². The molecule has 2 aliphatic rings. The van der Waals surface area contributed by atoms with Gasteiger partial charge in [-0.2, -0.15) is 0 Å². The first-order chi connectivity index (χ1) is 10.3. The molecule has 1 aliphatic heterocycles. The van der Waals surface area contributed by atoms with Crippen molar-refractivity contribution in [1.29, 1.82) is 0 Å². The van der Waals surface area contributed by atoms with Crippen LogP contribution in [0.1, 0.15) is 44.9 Å². The van der Waals surface area contributed by atoms with E-state index in [1.165, 1.54) is 25.5 Å². The number of hydrogen-bond acceptors (Lipinski definition) is 4. The summed E-state index contributed by atoms with van der Waals surface area (Å²) in [6.07, 6.45) is 8.74. The summed E-state index contributed by atoms with van der Waals surface area (Å²) in [6, 6.07) is 0.420. The minimum atomic E-state index is -3.14. The van der Waals surface area contributed by atoms with Crippen molar-refractivity contribution in [2.45, 2.75) is 57.0 Å². The Labute approximate surface area is 134 Å². The molecule has 1 N–H and O–H groups in total. The van der Waals surface area contributed by atoms with Gasteiger partial charge in [-0.3, -0.25) is 9.69 Å². The third kappa shape index (κ3) is 5.52. The van der Waals surface area contributed by atoms with Crippen molar-refractivity contribution in [3.8, 4) is 0 Å². The molecule has 128 valence electrons. The van der Waals surface area contributed by atoms with Crippen LogP contribution in [0, 0.1) is 0 Å². The Hall–Kier alpha value is -0.660. The van der Waals surface area contributed by atoms with Gasteiger partial charge in [0.2, 0.25) is 15.9 Å². The average Bonchev–Trinajstić information content (AvgIpc) is 2.48. The summed E-state index contributed by atoms with van der Waals surface area (Å²) in [4.78, 5) is 16.5. The van der Waals surface area contributed by atoms with Crippen LogP contribution < -0.4 is 4.72 Å². The molecule has 1 saturated heterocycles. The monoisotopic (exact) mass is 331 g/mol. The predicted molar refractivity (Wildman–Crippen MR) is 87.1 cm³/mol. The van der Waals surface area contributed by atoms with E-state index in [-0.39, 0.29) is 11.9 Å². The van der Waals surface area contributed by atoms with Gasteiger partial charge in [-0.1, -0.05) is 19.3 Å². The van der Waals surface area contributed by atoms with Gasteiger partial charge in [0, 0.05) is 32.2 Å². The van der Waals surface area contributed by atoms with Crippen molar-refractivity contribution in [1.82, 2.24) is 14.5 Å². The van der Waals surface area contributed by atoms with E-state index >= 15 is 0 Å². The van der Waals surface area contributed by atoms with Gasteiger partial charge >= 0.3 is 0 Å². The second kappa shape index (κ2) is 7.75. The number of nitrogens with zero attached hydrogens (tertiary/aromatic N) is 2. The third-order valence-corrected chi connectivity index (χ3v) is 5.60. The fraction of sp³-hybridized carbons (Fsp3) is 0.933. The van der Waals surface area contributed by atoms with Crippen LogP contribution in [0.25, 0.3) is 0 Å². The lowest BCUT2D eigenvalue weighted by atomic mass is 9.94. The van der Waals surface area contributed by atoms with Gasteiger partial charge in [0.1, 0.15) is 0 Å². The number of amides is 1. The largest absolute Gasteiger partial charge is 0.342 e. The number of sulfonamides is 1. The molecular weight excluding hydrogens is 302 g/mol. The number of piperidine rings is 1. The maximum absolute atomic E-state index is 12.4. The Balaban J connectivity index is 1.74. The molecule has 0 radical (unpaired) electrons. The van der Waals surface area contributed by atoms with Crippen LogP contribution >= 0.6 is 0 Å². The summed E-state index contributed by atoms with van der Waals surface area (Å²) in [5, 5.41) is 0. The molecule has 0 bridgehead atoms. The smallest absolute Gasteiger partial charge is 0.236 e. The summed E-state index contributed by atoms with van der Waals surface area (Å²) >= 11 is 0. The van der Waals surface area contributed by atoms with E-state index in [4.69, 9.17) is 0 Å². The number of likely N-dealkylation sites (tertiary alicyclic amines) is 1. The molecule has 7 heteroatoms. The van der Waals surface area contributed by atoms with E-state index in [2.05, 4.69) is 9.62 Å². The molecule has 6 nitrogen and oxygen atoms in total. The van der Waals surface area contributed by atoms with Crippen LogP contribution in [0.3, 0.4) is 0 Å². The molecule has 22 heavy (non-hydrogen) atoms. The van der Waals surface area contributed by atoms with Gasteiger partial charge in [0.05, 0.1) is 12.8 Å². The summed E-state index contributed by atoms with van der Waals surface area (Å²) < 4.78 is 25.1. The van der Waals surface area contributed by atoms with Crippen LogP contribution in [0.2, 0.25) is 0 Å². The van der Waals surface area contributed by atoms with Crippen molar-refractivity contribution >= 4 is 15.9 Å². The maximum atomic E-state index is 12.4. The van der Waals surface area contributed by atoms with Gasteiger partial charge in [-0.15, -0.1) is 0 Å². The quantitative estimate of drug-likeness (QED) is 0.809. The highest BCUT2D eigenvalue weighted by Gasteiger charge is 2.26. The number of rotatable bonds is 5. The lowest BCUT2D eigenvalue weighted by molar-refractivity contribution is -0.134. The normalized spacial score (nSPS) is 22.6. The first-order valence-corrected chi connectivity index (χ1v) is 10.2. The second-order valence-corrected chi connectivity index (χ2v) is 8.52. The van der Waals surface area contributed by atoms with Gasteiger partial charge in [0.15, 0.2) is 0 Å². The molecule has 0 aromatic carbocycles. The minimum Gasteiger partial charge on any atom is -0.342 e. The van der Waals surface area contributed by atoms with E-state index in [1.54, 1.807) is 0 Å². The van der Waals surface area contributed by atoms with Crippen LogP contribution in [-0.4, -0.2) is 69.1 Å². The van der Waals surface area contributed by atoms with E-state index in [9.17, 15) is 13.2 Å². The Kier molecular flexibility index (Phi) is 6.23. The molecule has 2 fully saturated rings.